The van der Waals surface area contributed by atoms with Gasteiger partial charge in [0.25, 0.3) is 5.91 Å². The lowest BCUT2D eigenvalue weighted by Gasteiger charge is -2.16. The normalized spacial score (nSPS) is 10.4. The van der Waals surface area contributed by atoms with Crippen molar-refractivity contribution in [3.05, 3.63) is 84.3 Å². The van der Waals surface area contributed by atoms with Crippen LogP contribution in [0.1, 0.15) is 16.1 Å². The Morgan fingerprint density at radius 1 is 0.955 bits per heavy atom. The summed E-state index contributed by atoms with van der Waals surface area (Å²) >= 11 is 0. The molecule has 3 aromatic rings. The summed E-state index contributed by atoms with van der Waals surface area (Å²) in [6, 6.07) is 21.5. The van der Waals surface area contributed by atoms with Gasteiger partial charge in [-0.1, -0.05) is 60.7 Å². The first-order valence-electron chi connectivity index (χ1n) is 7.18. The lowest BCUT2D eigenvalue weighted by atomic mass is 10.1. The first-order valence-corrected chi connectivity index (χ1v) is 7.18. The zero-order valence-corrected chi connectivity index (χ0v) is 12.4. The molecule has 0 bridgehead atoms. The number of hydrogen-bond acceptors (Lipinski definition) is 2. The molecule has 0 aliphatic heterocycles. The number of hydrogen-bond donors (Lipinski definition) is 0. The van der Waals surface area contributed by atoms with Crippen molar-refractivity contribution in [2.75, 3.05) is 7.05 Å². The summed E-state index contributed by atoms with van der Waals surface area (Å²) in [5.41, 5.74) is 2.89. The highest BCUT2D eigenvalue weighted by molar-refractivity contribution is 5.98. The third-order valence-electron chi connectivity index (χ3n) is 3.55. The lowest BCUT2D eigenvalue weighted by molar-refractivity contribution is 0.0754. The molecule has 0 atom stereocenters. The van der Waals surface area contributed by atoms with Crippen LogP contribution < -0.4 is 0 Å². The van der Waals surface area contributed by atoms with Gasteiger partial charge in [-0.3, -0.25) is 4.79 Å². The number of rotatable bonds is 4. The molecule has 22 heavy (non-hydrogen) atoms. The van der Waals surface area contributed by atoms with Gasteiger partial charge in [0.1, 0.15) is 0 Å². The molecule has 0 aliphatic carbocycles. The standard InChI is InChI=1S/C19H17NO2/c1-20(14-15-8-4-2-5-9-15)19(21)18-17(12-13-22-18)16-10-6-3-7-11-16/h2-13H,14H2,1H3. The van der Waals surface area contributed by atoms with Crippen LogP contribution in [0, 0.1) is 0 Å². The molecule has 1 heterocycles. The first kappa shape index (κ1) is 14.1. The van der Waals surface area contributed by atoms with Crippen molar-refractivity contribution in [3.8, 4) is 11.1 Å². The van der Waals surface area contributed by atoms with Crippen LogP contribution in [-0.2, 0) is 6.54 Å². The summed E-state index contributed by atoms with van der Waals surface area (Å²) < 4.78 is 5.45. The van der Waals surface area contributed by atoms with Gasteiger partial charge < -0.3 is 9.32 Å². The van der Waals surface area contributed by atoms with Crippen LogP contribution in [0.3, 0.4) is 0 Å². The number of amides is 1. The molecule has 3 rings (SSSR count). The predicted molar refractivity (Wildman–Crippen MR) is 86.4 cm³/mol. The molecule has 0 spiro atoms. The van der Waals surface area contributed by atoms with Crippen LogP contribution >= 0.6 is 0 Å². The van der Waals surface area contributed by atoms with Crippen LogP contribution in [0.2, 0.25) is 0 Å². The van der Waals surface area contributed by atoms with E-state index in [9.17, 15) is 4.79 Å². The number of carbonyl (C=O) groups excluding carboxylic acids is 1. The summed E-state index contributed by atoms with van der Waals surface area (Å²) in [4.78, 5) is 14.3. The highest BCUT2D eigenvalue weighted by Crippen LogP contribution is 2.25. The Labute approximate surface area is 129 Å². The van der Waals surface area contributed by atoms with Crippen LogP contribution in [-0.4, -0.2) is 17.9 Å². The molecule has 3 heteroatoms. The minimum atomic E-state index is -0.118. The predicted octanol–water partition coefficient (Wildman–Crippen LogP) is 4.22. The second-order valence-corrected chi connectivity index (χ2v) is 5.18. The van der Waals surface area contributed by atoms with E-state index in [0.717, 1.165) is 16.7 Å². The van der Waals surface area contributed by atoms with E-state index in [-0.39, 0.29) is 5.91 Å². The third kappa shape index (κ3) is 2.93. The summed E-state index contributed by atoms with van der Waals surface area (Å²) in [6.45, 7) is 0.550. The Balaban J connectivity index is 1.83. The molecule has 1 amide bonds. The monoisotopic (exact) mass is 291 g/mol. The van der Waals surface area contributed by atoms with Crippen molar-refractivity contribution >= 4 is 5.91 Å². The van der Waals surface area contributed by atoms with Gasteiger partial charge in [0.05, 0.1) is 6.26 Å². The summed E-state index contributed by atoms with van der Waals surface area (Å²) in [5, 5.41) is 0. The zero-order valence-electron chi connectivity index (χ0n) is 12.4. The van der Waals surface area contributed by atoms with Crippen LogP contribution in [0.15, 0.2) is 77.4 Å². The zero-order chi connectivity index (χ0) is 15.4. The maximum Gasteiger partial charge on any atom is 0.290 e. The molecule has 110 valence electrons. The van der Waals surface area contributed by atoms with Gasteiger partial charge in [0, 0.05) is 19.2 Å². The number of nitrogens with zero attached hydrogens (tertiary/aromatic N) is 1. The van der Waals surface area contributed by atoms with Gasteiger partial charge in [0.15, 0.2) is 5.76 Å². The topological polar surface area (TPSA) is 33.5 Å². The molecule has 0 radical (unpaired) electrons. The second-order valence-electron chi connectivity index (χ2n) is 5.18. The van der Waals surface area contributed by atoms with E-state index in [0.29, 0.717) is 12.3 Å². The van der Waals surface area contributed by atoms with Crippen molar-refractivity contribution in [1.29, 1.82) is 0 Å². The van der Waals surface area contributed by atoms with Crippen molar-refractivity contribution in [3.63, 3.8) is 0 Å². The molecular formula is C19H17NO2. The molecule has 0 unspecified atom stereocenters. The first-order chi connectivity index (χ1) is 10.8. The number of benzene rings is 2. The highest BCUT2D eigenvalue weighted by atomic mass is 16.3. The van der Waals surface area contributed by atoms with E-state index in [1.165, 1.54) is 0 Å². The summed E-state index contributed by atoms with van der Waals surface area (Å²) in [7, 11) is 1.78. The van der Waals surface area contributed by atoms with E-state index in [2.05, 4.69) is 0 Å². The van der Waals surface area contributed by atoms with Crippen molar-refractivity contribution in [2.24, 2.45) is 0 Å². The molecule has 3 nitrogen and oxygen atoms in total. The SMILES string of the molecule is CN(Cc1ccccc1)C(=O)c1occc1-c1ccccc1. The Bertz CT molecular complexity index is 747. The third-order valence-corrected chi connectivity index (χ3v) is 3.55. The molecule has 0 N–H and O–H groups in total. The molecular weight excluding hydrogens is 274 g/mol. The fourth-order valence-corrected chi connectivity index (χ4v) is 2.42. The van der Waals surface area contributed by atoms with Crippen molar-refractivity contribution in [1.82, 2.24) is 4.90 Å². The Kier molecular flexibility index (Phi) is 4.05. The molecule has 0 saturated carbocycles. The van der Waals surface area contributed by atoms with E-state index in [4.69, 9.17) is 4.42 Å². The van der Waals surface area contributed by atoms with Crippen molar-refractivity contribution < 1.29 is 9.21 Å². The number of furan rings is 1. The van der Waals surface area contributed by atoms with E-state index < -0.39 is 0 Å². The van der Waals surface area contributed by atoms with Gasteiger partial charge >= 0.3 is 0 Å². The molecule has 1 aromatic heterocycles. The van der Waals surface area contributed by atoms with E-state index in [1.807, 2.05) is 66.7 Å². The Morgan fingerprint density at radius 3 is 2.27 bits per heavy atom. The molecule has 0 aliphatic rings. The van der Waals surface area contributed by atoms with Crippen molar-refractivity contribution in [2.45, 2.75) is 6.54 Å². The molecule has 0 saturated heterocycles. The van der Waals surface area contributed by atoms with E-state index in [1.54, 1.807) is 18.2 Å². The fraction of sp³-hybridized carbons (Fsp3) is 0.105. The average Bonchev–Trinajstić information content (AvgIpc) is 3.05. The van der Waals surface area contributed by atoms with Gasteiger partial charge in [-0.15, -0.1) is 0 Å². The Hall–Kier alpha value is -2.81. The van der Waals surface area contributed by atoms with Gasteiger partial charge in [-0.25, -0.2) is 0 Å². The van der Waals surface area contributed by atoms with Gasteiger partial charge in [-0.2, -0.15) is 0 Å². The minimum Gasteiger partial charge on any atom is -0.459 e. The lowest BCUT2D eigenvalue weighted by Crippen LogP contribution is -2.26. The minimum absolute atomic E-state index is 0.118. The summed E-state index contributed by atoms with van der Waals surface area (Å²) in [5.74, 6) is 0.261. The quantitative estimate of drug-likeness (QED) is 0.721. The van der Waals surface area contributed by atoms with Crippen LogP contribution in [0.25, 0.3) is 11.1 Å². The van der Waals surface area contributed by atoms with Crippen LogP contribution in [0.4, 0.5) is 0 Å². The van der Waals surface area contributed by atoms with Crippen LogP contribution in [0.5, 0.6) is 0 Å². The average molecular weight is 291 g/mol. The largest absolute Gasteiger partial charge is 0.459 e. The van der Waals surface area contributed by atoms with E-state index >= 15 is 0 Å². The molecule has 2 aromatic carbocycles. The molecule has 0 fully saturated rings. The van der Waals surface area contributed by atoms with Gasteiger partial charge in [-0.05, 0) is 17.2 Å². The fourth-order valence-electron chi connectivity index (χ4n) is 2.42. The maximum atomic E-state index is 12.6. The van der Waals surface area contributed by atoms with Gasteiger partial charge in [0.2, 0.25) is 0 Å². The highest BCUT2D eigenvalue weighted by Gasteiger charge is 2.20. The smallest absolute Gasteiger partial charge is 0.290 e. The summed E-state index contributed by atoms with van der Waals surface area (Å²) in [6.07, 6.45) is 1.56. The maximum absolute atomic E-state index is 12.6. The Morgan fingerprint density at radius 2 is 1.59 bits per heavy atom. The number of carbonyl (C=O) groups is 1. The second kappa shape index (κ2) is 6.31.